The third kappa shape index (κ3) is 5.35. The lowest BCUT2D eigenvalue weighted by Gasteiger charge is -2.33. The first kappa shape index (κ1) is 20.0. The minimum absolute atomic E-state index is 0.350. The van der Waals surface area contributed by atoms with E-state index in [0.29, 0.717) is 19.4 Å². The number of carbonyl (C=O) groups excluding carboxylic acids is 1. The quantitative estimate of drug-likeness (QED) is 0.811. The second-order valence-electron chi connectivity index (χ2n) is 7.86. The van der Waals surface area contributed by atoms with Gasteiger partial charge in [0.15, 0.2) is 0 Å². The zero-order chi connectivity index (χ0) is 19.2. The third-order valence-electron chi connectivity index (χ3n) is 4.63. The summed E-state index contributed by atoms with van der Waals surface area (Å²) in [7, 11) is 0. The van der Waals surface area contributed by atoms with Crippen molar-refractivity contribution in [1.82, 2.24) is 5.32 Å². The molecule has 142 valence electrons. The Morgan fingerprint density at radius 1 is 1.23 bits per heavy atom. The molecule has 1 aromatic rings. The van der Waals surface area contributed by atoms with Gasteiger partial charge < -0.3 is 15.2 Å². The Morgan fingerprint density at radius 2 is 1.92 bits per heavy atom. The van der Waals surface area contributed by atoms with Crippen LogP contribution in [0.3, 0.4) is 0 Å². The molecule has 0 aromatic heterocycles. The molecule has 5 heteroatoms. The van der Waals surface area contributed by atoms with Gasteiger partial charge in [-0.05, 0) is 44.7 Å². The van der Waals surface area contributed by atoms with Crippen LogP contribution in [0.5, 0.6) is 0 Å². The van der Waals surface area contributed by atoms with E-state index in [4.69, 9.17) is 4.74 Å². The van der Waals surface area contributed by atoms with Gasteiger partial charge in [0.2, 0.25) is 0 Å². The van der Waals surface area contributed by atoms with E-state index in [2.05, 4.69) is 5.32 Å². The van der Waals surface area contributed by atoms with Crippen molar-refractivity contribution in [2.45, 2.75) is 63.9 Å². The molecule has 1 fully saturated rings. The van der Waals surface area contributed by atoms with Crippen LogP contribution in [0.1, 0.15) is 64.0 Å². The van der Waals surface area contributed by atoms with Crippen LogP contribution < -0.4 is 5.32 Å². The topological polar surface area (TPSA) is 75.6 Å². The molecule has 0 radical (unpaired) electrons. The van der Waals surface area contributed by atoms with Crippen molar-refractivity contribution in [2.75, 3.05) is 6.54 Å². The van der Waals surface area contributed by atoms with E-state index < -0.39 is 23.1 Å². The zero-order valence-electron chi connectivity index (χ0n) is 15.9. The highest BCUT2D eigenvalue weighted by Crippen LogP contribution is 2.40. The first-order valence-corrected chi connectivity index (χ1v) is 9.20. The summed E-state index contributed by atoms with van der Waals surface area (Å²) in [5, 5.41) is 12.5. The van der Waals surface area contributed by atoms with E-state index in [1.54, 1.807) is 0 Å². The molecule has 0 atom stereocenters. The van der Waals surface area contributed by atoms with Crippen molar-refractivity contribution in [2.24, 2.45) is 0 Å². The molecule has 2 rings (SSSR count). The number of carbonyl (C=O) groups is 2. The summed E-state index contributed by atoms with van der Waals surface area (Å²) in [6, 6.07) is 7.70. The van der Waals surface area contributed by atoms with E-state index in [9.17, 15) is 14.7 Å². The summed E-state index contributed by atoms with van der Waals surface area (Å²) in [6.45, 7) is 5.80. The number of hydrogen-bond donors (Lipinski definition) is 2. The van der Waals surface area contributed by atoms with Gasteiger partial charge in [-0.25, -0.2) is 4.79 Å². The Kier molecular flexibility index (Phi) is 6.46. The molecular weight excluding hydrogens is 330 g/mol. The SMILES string of the molecule is CC(C)(C)OC(=O)NC/C=C/c1cccc(C2(C(=O)O)CCCCC2)c1. The van der Waals surface area contributed by atoms with Crippen LogP contribution in [0, 0.1) is 0 Å². The lowest BCUT2D eigenvalue weighted by Crippen LogP contribution is -2.37. The molecule has 0 spiro atoms. The Morgan fingerprint density at radius 3 is 2.54 bits per heavy atom. The smallest absolute Gasteiger partial charge is 0.407 e. The van der Waals surface area contributed by atoms with Crippen molar-refractivity contribution in [3.8, 4) is 0 Å². The highest BCUT2D eigenvalue weighted by Gasteiger charge is 2.41. The van der Waals surface area contributed by atoms with Gasteiger partial charge in [-0.3, -0.25) is 4.79 Å². The number of hydrogen-bond acceptors (Lipinski definition) is 3. The minimum atomic E-state index is -0.767. The van der Waals surface area contributed by atoms with Crippen molar-refractivity contribution in [1.29, 1.82) is 0 Å². The molecule has 1 amide bonds. The molecule has 1 saturated carbocycles. The van der Waals surface area contributed by atoms with Crippen LogP contribution in [-0.4, -0.2) is 29.3 Å². The molecule has 1 aliphatic rings. The van der Waals surface area contributed by atoms with E-state index in [1.165, 1.54) is 0 Å². The van der Waals surface area contributed by atoms with Gasteiger partial charge in [0.25, 0.3) is 0 Å². The number of benzene rings is 1. The van der Waals surface area contributed by atoms with Gasteiger partial charge in [0.05, 0.1) is 5.41 Å². The van der Waals surface area contributed by atoms with Crippen LogP contribution in [0.15, 0.2) is 30.3 Å². The molecule has 0 saturated heterocycles. The number of amides is 1. The zero-order valence-corrected chi connectivity index (χ0v) is 15.9. The van der Waals surface area contributed by atoms with E-state index in [-0.39, 0.29) is 0 Å². The van der Waals surface area contributed by atoms with Crippen LogP contribution >= 0.6 is 0 Å². The molecule has 26 heavy (non-hydrogen) atoms. The second kappa shape index (κ2) is 8.39. The minimum Gasteiger partial charge on any atom is -0.481 e. The summed E-state index contributed by atoms with van der Waals surface area (Å²) in [5.41, 5.74) is 0.510. The summed E-state index contributed by atoms with van der Waals surface area (Å²) in [4.78, 5) is 23.6. The standard InChI is InChI=1S/C21H29NO4/c1-20(2,3)26-19(25)22-14-8-10-16-9-7-11-17(15-16)21(18(23)24)12-5-4-6-13-21/h7-11,15H,4-6,12-14H2,1-3H3,(H,22,25)(H,23,24)/b10-8+. The third-order valence-corrected chi connectivity index (χ3v) is 4.63. The predicted octanol–water partition coefficient (Wildman–Crippen LogP) is 4.51. The fraction of sp³-hybridized carbons (Fsp3) is 0.524. The molecule has 0 unspecified atom stereocenters. The molecule has 2 N–H and O–H groups in total. The van der Waals surface area contributed by atoms with E-state index >= 15 is 0 Å². The van der Waals surface area contributed by atoms with Gasteiger partial charge in [-0.15, -0.1) is 0 Å². The Labute approximate surface area is 155 Å². The van der Waals surface area contributed by atoms with Crippen LogP contribution in [0.25, 0.3) is 6.08 Å². The van der Waals surface area contributed by atoms with Gasteiger partial charge in [0.1, 0.15) is 5.60 Å². The molecule has 1 aromatic carbocycles. The van der Waals surface area contributed by atoms with Crippen molar-refractivity contribution < 1.29 is 19.4 Å². The van der Waals surface area contributed by atoms with Crippen LogP contribution in [0.4, 0.5) is 4.79 Å². The van der Waals surface area contributed by atoms with Crippen molar-refractivity contribution >= 4 is 18.1 Å². The number of rotatable bonds is 5. The van der Waals surface area contributed by atoms with Gasteiger partial charge >= 0.3 is 12.1 Å². The molecular formula is C21H29NO4. The normalized spacial score (nSPS) is 17.0. The number of nitrogens with one attached hydrogen (secondary N) is 1. The fourth-order valence-electron chi connectivity index (χ4n) is 3.37. The second-order valence-corrected chi connectivity index (χ2v) is 7.86. The average Bonchev–Trinajstić information content (AvgIpc) is 2.58. The van der Waals surface area contributed by atoms with Crippen molar-refractivity contribution in [3.63, 3.8) is 0 Å². The van der Waals surface area contributed by atoms with Crippen LogP contribution in [-0.2, 0) is 14.9 Å². The maximum Gasteiger partial charge on any atom is 0.407 e. The summed E-state index contributed by atoms with van der Waals surface area (Å²) in [5.74, 6) is -0.732. The van der Waals surface area contributed by atoms with Gasteiger partial charge in [-0.2, -0.15) is 0 Å². The maximum atomic E-state index is 12.0. The summed E-state index contributed by atoms with van der Waals surface area (Å²) >= 11 is 0. The molecule has 0 heterocycles. The predicted molar refractivity (Wildman–Crippen MR) is 102 cm³/mol. The number of carboxylic acids is 1. The monoisotopic (exact) mass is 359 g/mol. The van der Waals surface area contributed by atoms with Crippen molar-refractivity contribution in [3.05, 3.63) is 41.5 Å². The Bertz CT molecular complexity index is 667. The highest BCUT2D eigenvalue weighted by atomic mass is 16.6. The summed E-state index contributed by atoms with van der Waals surface area (Å²) in [6.07, 6.45) is 7.65. The summed E-state index contributed by atoms with van der Waals surface area (Å²) < 4.78 is 5.18. The number of aliphatic carboxylic acids is 1. The number of alkyl carbamates (subject to hydrolysis) is 1. The van der Waals surface area contributed by atoms with Gasteiger partial charge in [0, 0.05) is 6.54 Å². The van der Waals surface area contributed by atoms with Gasteiger partial charge in [-0.1, -0.05) is 55.7 Å². The Balaban J connectivity index is 2.02. The lowest BCUT2D eigenvalue weighted by molar-refractivity contribution is -0.145. The molecule has 1 aliphatic carbocycles. The molecule has 0 aliphatic heterocycles. The molecule has 5 nitrogen and oxygen atoms in total. The average molecular weight is 359 g/mol. The highest BCUT2D eigenvalue weighted by molar-refractivity contribution is 5.82. The first-order valence-electron chi connectivity index (χ1n) is 9.20. The first-order chi connectivity index (χ1) is 12.2. The lowest BCUT2D eigenvalue weighted by atomic mass is 9.69. The molecule has 0 bridgehead atoms. The van der Waals surface area contributed by atoms with E-state index in [0.717, 1.165) is 30.4 Å². The largest absolute Gasteiger partial charge is 0.481 e. The number of ether oxygens (including phenoxy) is 1. The number of carboxylic acid groups (broad SMARTS) is 1. The Hall–Kier alpha value is -2.30. The maximum absolute atomic E-state index is 12.0. The fourth-order valence-corrected chi connectivity index (χ4v) is 3.37. The van der Waals surface area contributed by atoms with E-state index in [1.807, 2.05) is 57.2 Å². The van der Waals surface area contributed by atoms with Crippen LogP contribution in [0.2, 0.25) is 0 Å².